The highest BCUT2D eigenvalue weighted by atomic mass is 32.2. The number of piperidine rings is 1. The number of ether oxygens (including phenoxy) is 1. The maximum atomic E-state index is 13.1. The number of amides is 1. The number of nitrogens with zero attached hydrogens (tertiary/aromatic N) is 1. The summed E-state index contributed by atoms with van der Waals surface area (Å²) < 4.78 is 34.1. The average molecular weight is 521 g/mol. The molecule has 0 aromatic heterocycles. The number of carboxylic acid groups (broad SMARTS) is 1. The fourth-order valence-corrected chi connectivity index (χ4v) is 6.44. The van der Waals surface area contributed by atoms with Crippen molar-refractivity contribution >= 4 is 22.1 Å². The third-order valence-electron chi connectivity index (χ3n) is 7.05. The van der Waals surface area contributed by atoms with E-state index in [0.717, 1.165) is 27.8 Å². The van der Waals surface area contributed by atoms with E-state index in [2.05, 4.69) is 4.72 Å². The monoisotopic (exact) mass is 520 g/mol. The second-order valence-electron chi connectivity index (χ2n) is 9.61. The van der Waals surface area contributed by atoms with E-state index in [4.69, 9.17) is 4.74 Å². The second kappa shape index (κ2) is 9.99. The lowest BCUT2D eigenvalue weighted by atomic mass is 9.95. The van der Waals surface area contributed by atoms with E-state index in [0.29, 0.717) is 0 Å². The molecular weight excluding hydrogens is 492 g/mol. The number of carboxylic acids is 1. The van der Waals surface area contributed by atoms with Gasteiger partial charge in [-0.25, -0.2) is 17.9 Å². The molecule has 2 N–H and O–H groups in total. The first-order valence-corrected chi connectivity index (χ1v) is 13.6. The average Bonchev–Trinajstić information content (AvgIpc) is 3.20. The Labute approximate surface area is 215 Å². The molecule has 1 heterocycles. The molecule has 0 unspecified atom stereocenters. The van der Waals surface area contributed by atoms with Gasteiger partial charge in [0.05, 0.1) is 10.8 Å². The number of nitrogens with one attached hydrogen (secondary N) is 1. The number of sulfonamides is 1. The van der Waals surface area contributed by atoms with Crippen LogP contribution in [0.15, 0.2) is 77.7 Å². The zero-order valence-corrected chi connectivity index (χ0v) is 21.1. The number of hydrogen-bond acceptors (Lipinski definition) is 5. The minimum atomic E-state index is -3.89. The van der Waals surface area contributed by atoms with Crippen molar-refractivity contribution in [2.75, 3.05) is 19.7 Å². The summed E-state index contributed by atoms with van der Waals surface area (Å²) in [6.07, 6.45) is -0.583. The van der Waals surface area contributed by atoms with Crippen molar-refractivity contribution in [2.24, 2.45) is 5.92 Å². The number of aryl methyl sites for hydroxylation is 1. The normalized spacial score (nSPS) is 19.2. The van der Waals surface area contributed by atoms with Crippen molar-refractivity contribution in [1.29, 1.82) is 0 Å². The van der Waals surface area contributed by atoms with Gasteiger partial charge in [0.1, 0.15) is 6.61 Å². The van der Waals surface area contributed by atoms with Gasteiger partial charge in [0.15, 0.2) is 0 Å². The third-order valence-corrected chi connectivity index (χ3v) is 8.58. The molecule has 2 atom stereocenters. The fraction of sp³-hybridized carbons (Fsp3) is 0.286. The standard InChI is InChI=1S/C28H28N2O6S/c1-18-10-12-21(13-11-18)37(34,35)29-20-14-19(27(31)32)15-30(16-20)28(33)36-17-26-24-8-4-2-6-22(24)23-7-3-5-9-25(23)26/h2-13,19-20,26,29H,14-17H2,1H3,(H,31,32)/t19-,20+/m0/s1. The van der Waals surface area contributed by atoms with Crippen LogP contribution < -0.4 is 4.72 Å². The summed E-state index contributed by atoms with van der Waals surface area (Å²) in [4.78, 5) is 26.3. The molecule has 3 aromatic carbocycles. The highest BCUT2D eigenvalue weighted by Crippen LogP contribution is 2.44. The lowest BCUT2D eigenvalue weighted by Gasteiger charge is -2.35. The Bertz CT molecular complexity index is 1390. The van der Waals surface area contributed by atoms with Gasteiger partial charge >= 0.3 is 12.1 Å². The van der Waals surface area contributed by atoms with Gasteiger partial charge in [0.25, 0.3) is 0 Å². The summed E-state index contributed by atoms with van der Waals surface area (Å²) in [6, 6.07) is 21.6. The topological polar surface area (TPSA) is 113 Å². The highest BCUT2D eigenvalue weighted by molar-refractivity contribution is 7.89. The molecule has 3 aromatic rings. The predicted molar refractivity (Wildman–Crippen MR) is 138 cm³/mol. The Morgan fingerprint density at radius 2 is 1.54 bits per heavy atom. The van der Waals surface area contributed by atoms with Gasteiger partial charge in [-0.1, -0.05) is 66.2 Å². The first-order valence-electron chi connectivity index (χ1n) is 12.1. The van der Waals surface area contributed by atoms with Crippen molar-refractivity contribution in [3.05, 3.63) is 89.5 Å². The number of aliphatic carboxylic acids is 1. The van der Waals surface area contributed by atoms with E-state index in [1.807, 2.05) is 55.5 Å². The number of benzene rings is 3. The first kappa shape index (κ1) is 25.0. The zero-order valence-electron chi connectivity index (χ0n) is 20.3. The molecule has 0 saturated carbocycles. The third kappa shape index (κ3) is 5.10. The van der Waals surface area contributed by atoms with Crippen LogP contribution in [-0.2, 0) is 19.6 Å². The summed E-state index contributed by atoms with van der Waals surface area (Å²) in [5, 5.41) is 9.67. The SMILES string of the molecule is Cc1ccc(S(=O)(=O)N[C@@H]2C[C@H](C(=O)O)CN(C(=O)OCC3c4ccccc4-c4ccccc43)C2)cc1. The number of rotatable bonds is 6. The van der Waals surface area contributed by atoms with E-state index in [1.165, 1.54) is 17.0 Å². The largest absolute Gasteiger partial charge is 0.481 e. The smallest absolute Gasteiger partial charge is 0.409 e. The van der Waals surface area contributed by atoms with Gasteiger partial charge in [-0.05, 0) is 47.7 Å². The minimum absolute atomic E-state index is 0.0194. The van der Waals surface area contributed by atoms with Crippen molar-refractivity contribution in [3.63, 3.8) is 0 Å². The zero-order chi connectivity index (χ0) is 26.2. The summed E-state index contributed by atoms with van der Waals surface area (Å²) in [5.74, 6) is -2.14. The molecule has 1 amide bonds. The number of hydrogen-bond donors (Lipinski definition) is 2. The van der Waals surface area contributed by atoms with Gasteiger partial charge in [0.2, 0.25) is 10.0 Å². The molecule has 0 spiro atoms. The molecule has 1 saturated heterocycles. The van der Waals surface area contributed by atoms with Crippen LogP contribution in [0, 0.1) is 12.8 Å². The van der Waals surface area contributed by atoms with E-state index >= 15 is 0 Å². The lowest BCUT2D eigenvalue weighted by molar-refractivity contribution is -0.143. The number of carbonyl (C=O) groups excluding carboxylic acids is 1. The van der Waals surface area contributed by atoms with Crippen LogP contribution >= 0.6 is 0 Å². The Morgan fingerprint density at radius 1 is 0.946 bits per heavy atom. The molecular formula is C28H28N2O6S. The Kier molecular flexibility index (Phi) is 6.74. The van der Waals surface area contributed by atoms with Crippen molar-refractivity contribution in [2.45, 2.75) is 30.2 Å². The summed E-state index contributed by atoms with van der Waals surface area (Å²) in [6.45, 7) is 1.93. The number of carbonyl (C=O) groups is 2. The van der Waals surface area contributed by atoms with Crippen LogP contribution in [0.3, 0.4) is 0 Å². The van der Waals surface area contributed by atoms with Crippen LogP contribution in [0.5, 0.6) is 0 Å². The number of fused-ring (bicyclic) bond motifs is 3. The van der Waals surface area contributed by atoms with Crippen molar-refractivity contribution in [3.8, 4) is 11.1 Å². The van der Waals surface area contributed by atoms with Crippen molar-refractivity contribution < 1.29 is 27.9 Å². The first-order chi connectivity index (χ1) is 17.7. The molecule has 37 heavy (non-hydrogen) atoms. The summed E-state index contributed by atoms with van der Waals surface area (Å²) in [5.41, 5.74) is 5.27. The maximum Gasteiger partial charge on any atom is 0.409 e. The molecule has 5 rings (SSSR count). The molecule has 8 nitrogen and oxygen atoms in total. The molecule has 2 aliphatic rings. The fourth-order valence-electron chi connectivity index (χ4n) is 5.20. The lowest BCUT2D eigenvalue weighted by Crippen LogP contribution is -2.54. The molecule has 0 radical (unpaired) electrons. The summed E-state index contributed by atoms with van der Waals surface area (Å²) >= 11 is 0. The van der Waals surface area contributed by atoms with Crippen LogP contribution in [-0.4, -0.2) is 56.2 Å². The predicted octanol–water partition coefficient (Wildman–Crippen LogP) is 4.00. The van der Waals surface area contributed by atoms with Gasteiger partial charge in [-0.3, -0.25) is 4.79 Å². The molecule has 192 valence electrons. The second-order valence-corrected chi connectivity index (χ2v) is 11.3. The van der Waals surface area contributed by atoms with Gasteiger partial charge in [-0.2, -0.15) is 0 Å². The minimum Gasteiger partial charge on any atom is -0.481 e. The van der Waals surface area contributed by atoms with Crippen LogP contribution in [0.25, 0.3) is 11.1 Å². The Balaban J connectivity index is 1.30. The molecule has 1 fully saturated rings. The Morgan fingerprint density at radius 3 is 2.14 bits per heavy atom. The molecule has 9 heteroatoms. The van der Waals surface area contributed by atoms with Crippen LogP contribution in [0.4, 0.5) is 4.79 Å². The van der Waals surface area contributed by atoms with Crippen LogP contribution in [0.1, 0.15) is 29.0 Å². The molecule has 1 aliphatic heterocycles. The van der Waals surface area contributed by atoms with Crippen molar-refractivity contribution in [1.82, 2.24) is 9.62 Å². The molecule has 0 bridgehead atoms. The van der Waals surface area contributed by atoms with Crippen LogP contribution in [0.2, 0.25) is 0 Å². The maximum absolute atomic E-state index is 13.1. The van der Waals surface area contributed by atoms with E-state index in [9.17, 15) is 23.1 Å². The molecule has 1 aliphatic carbocycles. The van der Waals surface area contributed by atoms with Gasteiger partial charge in [0, 0.05) is 25.0 Å². The van der Waals surface area contributed by atoms with Gasteiger partial charge in [-0.15, -0.1) is 0 Å². The van der Waals surface area contributed by atoms with E-state index in [1.54, 1.807) is 12.1 Å². The summed E-state index contributed by atoms with van der Waals surface area (Å²) in [7, 11) is -3.89. The number of likely N-dealkylation sites (tertiary alicyclic amines) is 1. The quantitative estimate of drug-likeness (QED) is 0.508. The Hall–Kier alpha value is -3.69. The highest BCUT2D eigenvalue weighted by Gasteiger charge is 2.37. The van der Waals surface area contributed by atoms with Gasteiger partial charge < -0.3 is 14.7 Å². The van der Waals surface area contributed by atoms with E-state index in [-0.39, 0.29) is 36.9 Å². The van der Waals surface area contributed by atoms with E-state index < -0.39 is 34.0 Å².